The van der Waals surface area contributed by atoms with E-state index in [2.05, 4.69) is 16.9 Å². The van der Waals surface area contributed by atoms with Crippen molar-refractivity contribution in [1.82, 2.24) is 9.55 Å². The molecule has 2 aromatic heterocycles. The summed E-state index contributed by atoms with van der Waals surface area (Å²) in [6, 6.07) is 4.85. The molecule has 0 bridgehead atoms. The number of fused-ring (bicyclic) bond motifs is 1. The van der Waals surface area contributed by atoms with Crippen molar-refractivity contribution in [1.29, 1.82) is 0 Å². The maximum absolute atomic E-state index is 12.9. The predicted molar refractivity (Wildman–Crippen MR) is 119 cm³/mol. The van der Waals surface area contributed by atoms with E-state index in [0.717, 1.165) is 10.4 Å². The molecule has 2 heterocycles. The lowest BCUT2D eigenvalue weighted by Gasteiger charge is -2.11. The van der Waals surface area contributed by atoms with Crippen molar-refractivity contribution in [2.45, 2.75) is 25.5 Å². The Morgan fingerprint density at radius 1 is 1.39 bits per heavy atom. The lowest BCUT2D eigenvalue weighted by molar-refractivity contribution is -0.113. The van der Waals surface area contributed by atoms with Crippen molar-refractivity contribution in [2.75, 3.05) is 11.1 Å². The Morgan fingerprint density at radius 3 is 2.86 bits per heavy atom. The van der Waals surface area contributed by atoms with E-state index in [0.29, 0.717) is 37.7 Å². The highest BCUT2D eigenvalue weighted by atomic mass is 35.5. The van der Waals surface area contributed by atoms with Crippen LogP contribution in [0.15, 0.2) is 40.8 Å². The molecule has 0 saturated heterocycles. The molecule has 1 aromatic carbocycles. The number of carbonyl (C=O) groups excluding carboxylic acids is 1. The minimum absolute atomic E-state index is 0.0707. The molecule has 0 fully saturated rings. The average molecular weight is 454 g/mol. The number of amides is 1. The summed E-state index contributed by atoms with van der Waals surface area (Å²) >= 11 is 14.7. The second-order valence-corrected chi connectivity index (χ2v) is 9.01. The molecule has 0 aliphatic heterocycles. The highest BCUT2D eigenvalue weighted by Gasteiger charge is 2.17. The van der Waals surface area contributed by atoms with E-state index in [9.17, 15) is 9.59 Å². The van der Waals surface area contributed by atoms with Crippen LogP contribution in [0, 0.1) is 13.8 Å². The summed E-state index contributed by atoms with van der Waals surface area (Å²) in [5.41, 5.74) is 1.27. The Kier molecular flexibility index (Phi) is 6.50. The molecule has 0 spiro atoms. The first-order valence-corrected chi connectivity index (χ1v) is 10.9. The summed E-state index contributed by atoms with van der Waals surface area (Å²) < 4.78 is 1.54. The number of allylic oxidation sites excluding steroid dienone is 1. The molecule has 0 radical (unpaired) electrons. The van der Waals surface area contributed by atoms with E-state index in [-0.39, 0.29) is 17.2 Å². The fraction of sp³-hybridized carbons (Fsp3) is 0.211. The number of rotatable bonds is 6. The number of hydrogen-bond acceptors (Lipinski definition) is 5. The molecule has 0 aliphatic rings. The van der Waals surface area contributed by atoms with Crippen molar-refractivity contribution >= 4 is 68.1 Å². The second-order valence-electron chi connectivity index (χ2n) is 6.02. The summed E-state index contributed by atoms with van der Waals surface area (Å²) in [5, 5.41) is 4.71. The van der Waals surface area contributed by atoms with Gasteiger partial charge in [-0.05, 0) is 37.6 Å². The summed E-state index contributed by atoms with van der Waals surface area (Å²) in [7, 11) is 0. The third-order valence-corrected chi connectivity index (χ3v) is 6.74. The van der Waals surface area contributed by atoms with Crippen LogP contribution in [0.5, 0.6) is 0 Å². The zero-order valence-corrected chi connectivity index (χ0v) is 18.4. The first-order valence-electron chi connectivity index (χ1n) is 8.31. The molecular formula is C19H17Cl2N3O2S2. The highest BCUT2D eigenvalue weighted by Crippen LogP contribution is 2.29. The SMILES string of the molecule is C=CCn1c(SCC(=O)Nc2cc(Cl)ccc2Cl)nc2sc(C)c(C)c2c1=O. The van der Waals surface area contributed by atoms with Gasteiger partial charge in [0.15, 0.2) is 5.16 Å². The molecular weight excluding hydrogens is 437 g/mol. The summed E-state index contributed by atoms with van der Waals surface area (Å²) in [4.78, 5) is 31.6. The third-order valence-electron chi connectivity index (χ3n) is 4.10. The van der Waals surface area contributed by atoms with Gasteiger partial charge in [-0.2, -0.15) is 0 Å². The van der Waals surface area contributed by atoms with Crippen LogP contribution in [0.4, 0.5) is 5.69 Å². The number of thioether (sulfide) groups is 1. The molecule has 3 rings (SSSR count). The fourth-order valence-electron chi connectivity index (χ4n) is 2.62. The predicted octanol–water partition coefficient (Wildman–Crippen LogP) is 5.30. The van der Waals surface area contributed by atoms with E-state index >= 15 is 0 Å². The van der Waals surface area contributed by atoms with Crippen LogP contribution in [-0.2, 0) is 11.3 Å². The topological polar surface area (TPSA) is 64.0 Å². The molecule has 3 aromatic rings. The first-order chi connectivity index (χ1) is 13.3. The summed E-state index contributed by atoms with van der Waals surface area (Å²) in [6.45, 7) is 7.92. The number of aromatic nitrogens is 2. The van der Waals surface area contributed by atoms with Gasteiger partial charge >= 0.3 is 0 Å². The van der Waals surface area contributed by atoms with Gasteiger partial charge in [-0.15, -0.1) is 17.9 Å². The standard InChI is InChI=1S/C19H17Cl2N3O2S2/c1-4-7-24-18(26)16-10(2)11(3)28-17(16)23-19(24)27-9-15(25)22-14-8-12(20)5-6-13(14)21/h4-6,8H,1,7,9H2,2-3H3,(H,22,25). The van der Waals surface area contributed by atoms with Crippen LogP contribution in [0.25, 0.3) is 10.2 Å². The van der Waals surface area contributed by atoms with E-state index in [1.54, 1.807) is 28.8 Å². The van der Waals surface area contributed by atoms with Crippen LogP contribution >= 0.6 is 46.3 Å². The van der Waals surface area contributed by atoms with E-state index in [1.165, 1.54) is 23.1 Å². The van der Waals surface area contributed by atoms with Gasteiger partial charge in [0.1, 0.15) is 4.83 Å². The van der Waals surface area contributed by atoms with Crippen molar-refractivity contribution in [3.05, 3.63) is 61.7 Å². The van der Waals surface area contributed by atoms with E-state index in [4.69, 9.17) is 23.2 Å². The minimum atomic E-state index is -0.271. The van der Waals surface area contributed by atoms with Gasteiger partial charge in [-0.25, -0.2) is 4.98 Å². The van der Waals surface area contributed by atoms with Crippen molar-refractivity contribution < 1.29 is 4.79 Å². The number of aryl methyl sites for hydroxylation is 2. The van der Waals surface area contributed by atoms with Crippen LogP contribution in [0.1, 0.15) is 10.4 Å². The minimum Gasteiger partial charge on any atom is -0.324 e. The maximum Gasteiger partial charge on any atom is 0.263 e. The largest absolute Gasteiger partial charge is 0.324 e. The van der Waals surface area contributed by atoms with Crippen LogP contribution in [0.3, 0.4) is 0 Å². The monoisotopic (exact) mass is 453 g/mol. The Morgan fingerprint density at radius 2 is 2.14 bits per heavy atom. The number of thiophene rings is 1. The highest BCUT2D eigenvalue weighted by molar-refractivity contribution is 7.99. The Bertz CT molecular complexity index is 1140. The molecule has 146 valence electrons. The summed E-state index contributed by atoms with van der Waals surface area (Å²) in [5.74, 6) is -0.200. The third kappa shape index (κ3) is 4.27. The van der Waals surface area contributed by atoms with Gasteiger partial charge in [0, 0.05) is 16.4 Å². The van der Waals surface area contributed by atoms with E-state index < -0.39 is 0 Å². The number of nitrogens with one attached hydrogen (secondary N) is 1. The first kappa shape index (κ1) is 20.9. The zero-order chi connectivity index (χ0) is 20.4. The Balaban J connectivity index is 1.86. The van der Waals surface area contributed by atoms with Gasteiger partial charge in [0.2, 0.25) is 5.91 Å². The number of benzene rings is 1. The molecule has 0 atom stereocenters. The lowest BCUT2D eigenvalue weighted by Crippen LogP contribution is -2.23. The van der Waals surface area contributed by atoms with Gasteiger partial charge in [-0.3, -0.25) is 14.2 Å². The number of nitrogens with zero attached hydrogens (tertiary/aromatic N) is 2. The van der Waals surface area contributed by atoms with Crippen LogP contribution in [-0.4, -0.2) is 21.2 Å². The molecule has 28 heavy (non-hydrogen) atoms. The van der Waals surface area contributed by atoms with Gasteiger partial charge in [0.05, 0.1) is 21.8 Å². The molecule has 1 N–H and O–H groups in total. The lowest BCUT2D eigenvalue weighted by atomic mass is 10.2. The molecule has 5 nitrogen and oxygen atoms in total. The summed E-state index contributed by atoms with van der Waals surface area (Å²) in [6.07, 6.45) is 1.64. The molecule has 1 amide bonds. The van der Waals surface area contributed by atoms with Gasteiger partial charge in [-0.1, -0.05) is 41.0 Å². The Labute approximate surface area is 180 Å². The quantitative estimate of drug-likeness (QED) is 0.312. The van der Waals surface area contributed by atoms with Crippen molar-refractivity contribution in [3.8, 4) is 0 Å². The number of halogens is 2. The molecule has 0 saturated carbocycles. The zero-order valence-electron chi connectivity index (χ0n) is 15.2. The van der Waals surface area contributed by atoms with Crippen molar-refractivity contribution in [3.63, 3.8) is 0 Å². The average Bonchev–Trinajstić information content (AvgIpc) is 2.93. The fourth-order valence-corrected chi connectivity index (χ4v) is 4.83. The maximum atomic E-state index is 12.9. The van der Waals surface area contributed by atoms with Gasteiger partial charge in [0.25, 0.3) is 5.56 Å². The van der Waals surface area contributed by atoms with Crippen molar-refractivity contribution in [2.24, 2.45) is 0 Å². The Hall–Kier alpha value is -1.80. The van der Waals surface area contributed by atoms with E-state index in [1.807, 2.05) is 13.8 Å². The number of anilines is 1. The second kappa shape index (κ2) is 8.69. The molecule has 9 heteroatoms. The van der Waals surface area contributed by atoms with Crippen LogP contribution in [0.2, 0.25) is 10.0 Å². The molecule has 0 unspecified atom stereocenters. The van der Waals surface area contributed by atoms with Crippen LogP contribution < -0.4 is 10.9 Å². The smallest absolute Gasteiger partial charge is 0.263 e. The van der Waals surface area contributed by atoms with Gasteiger partial charge < -0.3 is 5.32 Å². The number of hydrogen-bond donors (Lipinski definition) is 1. The normalized spacial score (nSPS) is 11.0. The number of carbonyl (C=O) groups is 1. The molecule has 0 aliphatic carbocycles.